The van der Waals surface area contributed by atoms with E-state index in [1.165, 1.54) is 12.8 Å². The minimum absolute atomic E-state index is 0.144. The van der Waals surface area contributed by atoms with E-state index in [0.717, 1.165) is 16.8 Å². The van der Waals surface area contributed by atoms with Gasteiger partial charge in [-0.2, -0.15) is 0 Å². The number of anilines is 1. The number of carbonyl (C=O) groups is 1. The van der Waals surface area contributed by atoms with Crippen LogP contribution in [-0.2, 0) is 0 Å². The zero-order valence-electron chi connectivity index (χ0n) is 11.6. The lowest BCUT2D eigenvalue weighted by Gasteiger charge is -2.12. The van der Waals surface area contributed by atoms with Gasteiger partial charge < -0.3 is 11.1 Å². The quantitative estimate of drug-likeness (QED) is 0.896. The van der Waals surface area contributed by atoms with Crippen LogP contribution in [-0.4, -0.2) is 17.4 Å². The second kappa shape index (κ2) is 5.12. The summed E-state index contributed by atoms with van der Waals surface area (Å²) in [5, 5.41) is 3.84. The molecule has 0 radical (unpaired) electrons. The number of aromatic nitrogens is 1. The third kappa shape index (κ3) is 2.59. The molecule has 1 amide bonds. The van der Waals surface area contributed by atoms with Gasteiger partial charge in [-0.15, -0.1) is 0 Å². The molecule has 1 aromatic heterocycles. The number of hydrogen-bond acceptors (Lipinski definition) is 3. The number of pyridine rings is 1. The molecule has 4 nitrogen and oxygen atoms in total. The van der Waals surface area contributed by atoms with Gasteiger partial charge in [0.2, 0.25) is 0 Å². The van der Waals surface area contributed by atoms with Gasteiger partial charge in [-0.1, -0.05) is 25.1 Å². The Bertz CT molecular complexity index is 649. The molecule has 2 aromatic rings. The highest BCUT2D eigenvalue weighted by molar-refractivity contribution is 5.99. The van der Waals surface area contributed by atoms with Crippen LogP contribution >= 0.6 is 0 Å². The van der Waals surface area contributed by atoms with Crippen LogP contribution in [0.1, 0.15) is 30.3 Å². The Morgan fingerprint density at radius 2 is 2.20 bits per heavy atom. The van der Waals surface area contributed by atoms with Gasteiger partial charge in [0.25, 0.3) is 5.91 Å². The van der Waals surface area contributed by atoms with Crippen molar-refractivity contribution in [3.63, 3.8) is 0 Å². The fourth-order valence-corrected chi connectivity index (χ4v) is 2.49. The highest BCUT2D eigenvalue weighted by Crippen LogP contribution is 2.36. The number of nitrogens with one attached hydrogen (secondary N) is 1. The monoisotopic (exact) mass is 269 g/mol. The molecule has 0 spiro atoms. The Balaban J connectivity index is 1.77. The van der Waals surface area contributed by atoms with E-state index in [-0.39, 0.29) is 5.91 Å². The number of nitrogens with two attached hydrogens (primary N) is 1. The minimum Gasteiger partial charge on any atom is -0.398 e. The predicted octanol–water partition coefficient (Wildman–Crippen LogP) is 2.59. The number of nitrogens with zero attached hydrogens (tertiary/aromatic N) is 1. The second-order valence-corrected chi connectivity index (χ2v) is 5.64. The summed E-state index contributed by atoms with van der Waals surface area (Å²) in [6.45, 7) is 2.89. The molecule has 1 aromatic carbocycles. The van der Waals surface area contributed by atoms with Gasteiger partial charge >= 0.3 is 0 Å². The number of rotatable bonds is 4. The van der Waals surface area contributed by atoms with Crippen molar-refractivity contribution in [2.45, 2.75) is 19.8 Å². The van der Waals surface area contributed by atoms with E-state index in [2.05, 4.69) is 17.2 Å². The lowest BCUT2D eigenvalue weighted by molar-refractivity contribution is 0.0942. The standard InChI is InChI=1S/C16H19N3O/c1-10(11-6-7-11)9-18-16(20)15-8-13(17)12-4-2-3-5-14(12)19-15/h2-5,8,10-11H,6-7,9H2,1H3,(H2,17,19)(H,18,20). The van der Waals surface area contributed by atoms with Gasteiger partial charge in [-0.25, -0.2) is 4.98 Å². The molecule has 1 aliphatic rings. The highest BCUT2D eigenvalue weighted by atomic mass is 16.1. The largest absolute Gasteiger partial charge is 0.398 e. The molecule has 0 saturated heterocycles. The van der Waals surface area contributed by atoms with E-state index in [0.29, 0.717) is 23.8 Å². The number of para-hydroxylation sites is 1. The topological polar surface area (TPSA) is 68.0 Å². The Morgan fingerprint density at radius 1 is 1.45 bits per heavy atom. The summed E-state index contributed by atoms with van der Waals surface area (Å²) in [6.07, 6.45) is 2.58. The Labute approximate surface area is 118 Å². The van der Waals surface area contributed by atoms with E-state index in [4.69, 9.17) is 5.73 Å². The van der Waals surface area contributed by atoms with Crippen LogP contribution in [0.15, 0.2) is 30.3 Å². The zero-order valence-corrected chi connectivity index (χ0v) is 11.6. The number of nitrogen functional groups attached to an aromatic ring is 1. The maximum absolute atomic E-state index is 12.2. The maximum atomic E-state index is 12.2. The third-order valence-corrected chi connectivity index (χ3v) is 3.99. The molecule has 1 atom stereocenters. The van der Waals surface area contributed by atoms with Crippen molar-refractivity contribution in [1.29, 1.82) is 0 Å². The first-order chi connectivity index (χ1) is 9.65. The van der Waals surface area contributed by atoms with E-state index < -0.39 is 0 Å². The van der Waals surface area contributed by atoms with Crippen LogP contribution in [0.5, 0.6) is 0 Å². The van der Waals surface area contributed by atoms with Gasteiger partial charge in [0.15, 0.2) is 0 Å². The average Bonchev–Trinajstić information content (AvgIpc) is 3.29. The van der Waals surface area contributed by atoms with Crippen molar-refractivity contribution in [2.75, 3.05) is 12.3 Å². The molecule has 1 heterocycles. The summed E-state index contributed by atoms with van der Waals surface area (Å²) in [7, 11) is 0. The van der Waals surface area contributed by atoms with Crippen molar-refractivity contribution in [3.05, 3.63) is 36.0 Å². The number of fused-ring (bicyclic) bond motifs is 1. The fraction of sp³-hybridized carbons (Fsp3) is 0.375. The number of amides is 1. The molecule has 0 bridgehead atoms. The highest BCUT2D eigenvalue weighted by Gasteiger charge is 2.28. The van der Waals surface area contributed by atoms with Crippen molar-refractivity contribution >= 4 is 22.5 Å². The SMILES string of the molecule is CC(CNC(=O)c1cc(N)c2ccccc2n1)C1CC1. The smallest absolute Gasteiger partial charge is 0.269 e. The van der Waals surface area contributed by atoms with Crippen molar-refractivity contribution in [3.8, 4) is 0 Å². The normalized spacial score (nSPS) is 16.1. The molecule has 4 heteroatoms. The molecule has 20 heavy (non-hydrogen) atoms. The summed E-state index contributed by atoms with van der Waals surface area (Å²) in [5.74, 6) is 1.18. The molecular weight excluding hydrogens is 250 g/mol. The van der Waals surface area contributed by atoms with Gasteiger partial charge in [0.05, 0.1) is 5.52 Å². The number of carbonyl (C=O) groups excluding carboxylic acids is 1. The number of hydrogen-bond donors (Lipinski definition) is 2. The molecule has 104 valence electrons. The Kier molecular flexibility index (Phi) is 3.30. The predicted molar refractivity (Wildman–Crippen MR) is 80.4 cm³/mol. The second-order valence-electron chi connectivity index (χ2n) is 5.64. The Morgan fingerprint density at radius 3 is 2.95 bits per heavy atom. The van der Waals surface area contributed by atoms with Crippen LogP contribution in [0.2, 0.25) is 0 Å². The van der Waals surface area contributed by atoms with Crippen LogP contribution in [0.25, 0.3) is 10.9 Å². The molecule has 1 fully saturated rings. The average molecular weight is 269 g/mol. The van der Waals surface area contributed by atoms with E-state index in [9.17, 15) is 4.79 Å². The first kappa shape index (κ1) is 12.9. The number of benzene rings is 1. The van der Waals surface area contributed by atoms with E-state index in [1.807, 2.05) is 24.3 Å². The zero-order chi connectivity index (χ0) is 14.1. The van der Waals surface area contributed by atoms with Crippen LogP contribution in [0.3, 0.4) is 0 Å². The Hall–Kier alpha value is -2.10. The molecule has 3 rings (SSSR count). The van der Waals surface area contributed by atoms with Gasteiger partial charge in [-0.3, -0.25) is 4.79 Å². The van der Waals surface area contributed by atoms with Crippen LogP contribution in [0.4, 0.5) is 5.69 Å². The van der Waals surface area contributed by atoms with Crippen LogP contribution < -0.4 is 11.1 Å². The minimum atomic E-state index is -0.144. The molecule has 1 unspecified atom stereocenters. The summed E-state index contributed by atoms with van der Waals surface area (Å²) in [5.41, 5.74) is 7.73. The summed E-state index contributed by atoms with van der Waals surface area (Å²) >= 11 is 0. The fourth-order valence-electron chi connectivity index (χ4n) is 2.49. The molecule has 1 saturated carbocycles. The van der Waals surface area contributed by atoms with Crippen molar-refractivity contribution in [1.82, 2.24) is 10.3 Å². The van der Waals surface area contributed by atoms with Crippen molar-refractivity contribution < 1.29 is 4.79 Å². The summed E-state index contributed by atoms with van der Waals surface area (Å²) < 4.78 is 0. The summed E-state index contributed by atoms with van der Waals surface area (Å²) in [6, 6.07) is 9.24. The third-order valence-electron chi connectivity index (χ3n) is 3.99. The first-order valence-corrected chi connectivity index (χ1v) is 7.08. The van der Waals surface area contributed by atoms with Gasteiger partial charge in [0.1, 0.15) is 5.69 Å². The molecule has 1 aliphatic carbocycles. The van der Waals surface area contributed by atoms with E-state index in [1.54, 1.807) is 6.07 Å². The lowest BCUT2D eigenvalue weighted by atomic mass is 10.1. The maximum Gasteiger partial charge on any atom is 0.269 e. The molecule has 0 aliphatic heterocycles. The lowest BCUT2D eigenvalue weighted by Crippen LogP contribution is -2.29. The van der Waals surface area contributed by atoms with Gasteiger partial charge in [-0.05, 0) is 36.8 Å². The van der Waals surface area contributed by atoms with Crippen LogP contribution in [0, 0.1) is 11.8 Å². The van der Waals surface area contributed by atoms with Gasteiger partial charge in [0, 0.05) is 17.6 Å². The van der Waals surface area contributed by atoms with Crippen molar-refractivity contribution in [2.24, 2.45) is 11.8 Å². The summed E-state index contributed by atoms with van der Waals surface area (Å²) in [4.78, 5) is 16.5. The van der Waals surface area contributed by atoms with E-state index >= 15 is 0 Å². The molecule has 3 N–H and O–H groups in total. The molecular formula is C16H19N3O. The first-order valence-electron chi connectivity index (χ1n) is 7.08.